The first kappa shape index (κ1) is 14.0. The van der Waals surface area contributed by atoms with Crippen molar-refractivity contribution in [1.29, 1.82) is 0 Å². The zero-order valence-corrected chi connectivity index (χ0v) is 12.4. The number of aryl methyl sites for hydroxylation is 1. The molecule has 1 aromatic heterocycles. The Hall–Kier alpha value is -2.95. The smallest absolute Gasteiger partial charge is 0.282 e. The van der Waals surface area contributed by atoms with E-state index in [0.717, 1.165) is 22.4 Å². The Bertz CT molecular complexity index is 864. The molecule has 0 spiro atoms. The fourth-order valence-electron chi connectivity index (χ4n) is 2.21. The maximum absolute atomic E-state index is 11.9. The third kappa shape index (κ3) is 2.88. The molecule has 0 unspecified atom stereocenters. The van der Waals surface area contributed by atoms with Gasteiger partial charge in [0.05, 0.1) is 5.71 Å². The Kier molecular flexibility index (Phi) is 3.70. The molecule has 3 aromatic rings. The Morgan fingerprint density at radius 3 is 2.64 bits per heavy atom. The van der Waals surface area contributed by atoms with Crippen LogP contribution in [0.5, 0.6) is 0 Å². The number of rotatable bonds is 3. The van der Waals surface area contributed by atoms with E-state index in [2.05, 4.69) is 38.9 Å². The predicted octanol–water partition coefficient (Wildman–Crippen LogP) is 3.03. The van der Waals surface area contributed by atoms with Gasteiger partial charge in [-0.2, -0.15) is 10.2 Å². The summed E-state index contributed by atoms with van der Waals surface area (Å²) in [5.74, 6) is -0.329. The summed E-state index contributed by atoms with van der Waals surface area (Å²) < 4.78 is 0. The molecule has 3 rings (SSSR count). The molecule has 0 bridgehead atoms. The molecule has 0 aliphatic carbocycles. The van der Waals surface area contributed by atoms with Gasteiger partial charge in [-0.1, -0.05) is 36.4 Å². The van der Waals surface area contributed by atoms with E-state index >= 15 is 0 Å². The lowest BCUT2D eigenvalue weighted by atomic mass is 10.0. The number of fused-ring (bicyclic) bond motifs is 1. The summed E-state index contributed by atoms with van der Waals surface area (Å²) >= 11 is 0. The van der Waals surface area contributed by atoms with E-state index in [-0.39, 0.29) is 5.91 Å². The number of carbonyl (C=O) groups excluding carboxylic acids is 1. The van der Waals surface area contributed by atoms with E-state index in [1.54, 1.807) is 6.07 Å². The quantitative estimate of drug-likeness (QED) is 0.575. The van der Waals surface area contributed by atoms with Gasteiger partial charge in [-0.05, 0) is 42.3 Å². The third-order valence-corrected chi connectivity index (χ3v) is 3.43. The number of hydrazone groups is 1. The van der Waals surface area contributed by atoms with Crippen LogP contribution in [0.3, 0.4) is 0 Å². The van der Waals surface area contributed by atoms with Crippen molar-refractivity contribution >= 4 is 22.4 Å². The first-order valence-electron chi connectivity index (χ1n) is 6.99. The standard InChI is InChI=1S/C17H16N4O/c1-11-9-16(20-18-11)17(22)21-19-12(2)14-8-7-13-5-3-4-6-15(13)10-14/h3-10H,1-2H3,(H,18,20)(H,21,22)/b19-12+. The topological polar surface area (TPSA) is 70.1 Å². The second-order valence-corrected chi connectivity index (χ2v) is 5.14. The molecular weight excluding hydrogens is 276 g/mol. The highest BCUT2D eigenvalue weighted by Crippen LogP contribution is 2.16. The molecule has 1 heterocycles. The highest BCUT2D eigenvalue weighted by molar-refractivity contribution is 6.03. The van der Waals surface area contributed by atoms with Gasteiger partial charge in [0.1, 0.15) is 0 Å². The normalized spacial score (nSPS) is 11.6. The maximum Gasteiger partial charge on any atom is 0.291 e. The number of carbonyl (C=O) groups is 1. The van der Waals surface area contributed by atoms with Crippen molar-refractivity contribution in [1.82, 2.24) is 15.6 Å². The van der Waals surface area contributed by atoms with Crippen LogP contribution in [0.2, 0.25) is 0 Å². The Morgan fingerprint density at radius 2 is 1.91 bits per heavy atom. The van der Waals surface area contributed by atoms with E-state index in [1.807, 2.05) is 38.1 Å². The summed E-state index contributed by atoms with van der Waals surface area (Å²) in [6, 6.07) is 15.9. The van der Waals surface area contributed by atoms with Gasteiger partial charge < -0.3 is 0 Å². The lowest BCUT2D eigenvalue weighted by Crippen LogP contribution is -2.19. The highest BCUT2D eigenvalue weighted by Gasteiger charge is 2.08. The lowest BCUT2D eigenvalue weighted by molar-refractivity contribution is 0.0950. The van der Waals surface area contributed by atoms with Crippen LogP contribution in [0, 0.1) is 6.92 Å². The van der Waals surface area contributed by atoms with Gasteiger partial charge in [-0.25, -0.2) is 5.43 Å². The Labute approximate surface area is 128 Å². The van der Waals surface area contributed by atoms with E-state index in [4.69, 9.17) is 0 Å². The van der Waals surface area contributed by atoms with Crippen LogP contribution >= 0.6 is 0 Å². The van der Waals surface area contributed by atoms with Crippen molar-refractivity contribution in [2.45, 2.75) is 13.8 Å². The number of hydrogen-bond donors (Lipinski definition) is 2. The van der Waals surface area contributed by atoms with Crippen molar-refractivity contribution in [3.63, 3.8) is 0 Å². The average Bonchev–Trinajstić information content (AvgIpc) is 2.98. The van der Waals surface area contributed by atoms with Crippen molar-refractivity contribution in [2.75, 3.05) is 0 Å². The number of nitrogens with zero attached hydrogens (tertiary/aromatic N) is 2. The maximum atomic E-state index is 11.9. The molecule has 0 fully saturated rings. The summed E-state index contributed by atoms with van der Waals surface area (Å²) in [5.41, 5.74) is 5.40. The minimum absolute atomic E-state index is 0.326. The molecular formula is C17H16N4O. The molecule has 2 aromatic carbocycles. The molecule has 1 amide bonds. The van der Waals surface area contributed by atoms with Gasteiger partial charge in [-0.3, -0.25) is 9.89 Å². The summed E-state index contributed by atoms with van der Waals surface area (Å²) in [4.78, 5) is 11.9. The van der Waals surface area contributed by atoms with Gasteiger partial charge in [0.15, 0.2) is 5.69 Å². The van der Waals surface area contributed by atoms with Crippen LogP contribution < -0.4 is 5.43 Å². The van der Waals surface area contributed by atoms with Crippen molar-refractivity contribution in [3.05, 3.63) is 65.5 Å². The number of amides is 1. The number of aromatic nitrogens is 2. The van der Waals surface area contributed by atoms with Crippen LogP contribution in [-0.4, -0.2) is 21.8 Å². The molecule has 0 radical (unpaired) electrons. The number of benzene rings is 2. The fraction of sp³-hybridized carbons (Fsp3) is 0.118. The first-order valence-corrected chi connectivity index (χ1v) is 6.99. The first-order chi connectivity index (χ1) is 10.6. The summed E-state index contributed by atoms with van der Waals surface area (Å²) in [6.07, 6.45) is 0. The fourth-order valence-corrected chi connectivity index (χ4v) is 2.21. The SMILES string of the molecule is C/C(=N\NC(=O)c1cc(C)[nH]n1)c1ccc2ccccc2c1. The van der Waals surface area contributed by atoms with E-state index in [0.29, 0.717) is 5.69 Å². The molecule has 110 valence electrons. The molecule has 0 aliphatic heterocycles. The van der Waals surface area contributed by atoms with Gasteiger partial charge in [0, 0.05) is 5.69 Å². The van der Waals surface area contributed by atoms with Crippen molar-refractivity contribution in [3.8, 4) is 0 Å². The largest absolute Gasteiger partial charge is 0.291 e. The van der Waals surface area contributed by atoms with Crippen LogP contribution in [0.15, 0.2) is 53.6 Å². The number of nitrogens with one attached hydrogen (secondary N) is 2. The number of H-pyrrole nitrogens is 1. The number of aromatic amines is 1. The van der Waals surface area contributed by atoms with Crippen LogP contribution in [0.4, 0.5) is 0 Å². The van der Waals surface area contributed by atoms with Crippen LogP contribution in [0.1, 0.15) is 28.7 Å². The Morgan fingerprint density at radius 1 is 1.14 bits per heavy atom. The van der Waals surface area contributed by atoms with Gasteiger partial charge in [-0.15, -0.1) is 0 Å². The van der Waals surface area contributed by atoms with E-state index < -0.39 is 0 Å². The molecule has 5 nitrogen and oxygen atoms in total. The minimum Gasteiger partial charge on any atom is -0.282 e. The van der Waals surface area contributed by atoms with Gasteiger partial charge >= 0.3 is 0 Å². The third-order valence-electron chi connectivity index (χ3n) is 3.43. The van der Waals surface area contributed by atoms with Crippen molar-refractivity contribution < 1.29 is 4.79 Å². The highest BCUT2D eigenvalue weighted by atomic mass is 16.2. The van der Waals surface area contributed by atoms with Gasteiger partial charge in [0.25, 0.3) is 5.91 Å². The predicted molar refractivity (Wildman–Crippen MR) is 86.9 cm³/mol. The molecule has 5 heteroatoms. The second kappa shape index (κ2) is 5.81. The van der Waals surface area contributed by atoms with E-state index in [1.165, 1.54) is 5.39 Å². The molecule has 2 N–H and O–H groups in total. The molecule has 0 saturated heterocycles. The van der Waals surface area contributed by atoms with Crippen LogP contribution in [-0.2, 0) is 0 Å². The monoisotopic (exact) mass is 292 g/mol. The minimum atomic E-state index is -0.329. The van der Waals surface area contributed by atoms with Gasteiger partial charge in [0.2, 0.25) is 0 Å². The lowest BCUT2D eigenvalue weighted by Gasteiger charge is -2.04. The summed E-state index contributed by atoms with van der Waals surface area (Å²) in [7, 11) is 0. The molecule has 22 heavy (non-hydrogen) atoms. The van der Waals surface area contributed by atoms with E-state index in [9.17, 15) is 4.79 Å². The number of hydrogen-bond acceptors (Lipinski definition) is 3. The molecule has 0 saturated carbocycles. The summed E-state index contributed by atoms with van der Waals surface area (Å²) in [6.45, 7) is 3.70. The zero-order valence-electron chi connectivity index (χ0n) is 12.4. The average molecular weight is 292 g/mol. The molecule has 0 atom stereocenters. The Balaban J connectivity index is 1.79. The van der Waals surface area contributed by atoms with Crippen LogP contribution in [0.25, 0.3) is 10.8 Å². The second-order valence-electron chi connectivity index (χ2n) is 5.14. The molecule has 0 aliphatic rings. The summed E-state index contributed by atoms with van der Waals surface area (Å²) in [5, 5.41) is 13.1. The van der Waals surface area contributed by atoms with Crippen molar-refractivity contribution in [2.24, 2.45) is 5.10 Å². The zero-order chi connectivity index (χ0) is 15.5.